The van der Waals surface area contributed by atoms with Gasteiger partial charge in [-0.25, -0.2) is 4.68 Å². The average molecular weight is 324 g/mol. The summed E-state index contributed by atoms with van der Waals surface area (Å²) < 4.78 is 40.9. The number of hydrogen-bond acceptors (Lipinski definition) is 3. The van der Waals surface area contributed by atoms with Crippen LogP contribution in [0.4, 0.5) is 19.0 Å². The maximum Gasteiger partial charge on any atom is 0.410 e. The van der Waals surface area contributed by atoms with Gasteiger partial charge in [0, 0.05) is 6.42 Å². The van der Waals surface area contributed by atoms with E-state index in [-0.39, 0.29) is 17.8 Å². The predicted octanol–water partition coefficient (Wildman–Crippen LogP) is 2.95. The number of benzene rings is 1. The lowest BCUT2D eigenvalue weighted by Crippen LogP contribution is -2.36. The second kappa shape index (κ2) is 5.29. The molecular weight excluding hydrogens is 309 g/mol. The molecule has 1 amide bonds. The number of rotatable bonds is 2. The van der Waals surface area contributed by atoms with Crippen LogP contribution in [0.15, 0.2) is 30.5 Å². The first-order chi connectivity index (χ1) is 10.8. The lowest BCUT2D eigenvalue weighted by Gasteiger charge is -2.34. The second-order valence-electron chi connectivity index (χ2n) is 5.62. The molecule has 2 atom stereocenters. The van der Waals surface area contributed by atoms with Crippen LogP contribution in [-0.4, -0.2) is 21.9 Å². The largest absolute Gasteiger partial charge is 0.410 e. The van der Waals surface area contributed by atoms with Crippen LogP contribution in [0.5, 0.6) is 0 Å². The van der Waals surface area contributed by atoms with E-state index in [4.69, 9.17) is 5.73 Å². The van der Waals surface area contributed by atoms with Gasteiger partial charge in [0.2, 0.25) is 0 Å². The van der Waals surface area contributed by atoms with Crippen LogP contribution in [0.1, 0.15) is 40.0 Å². The number of nitrogens with zero attached hydrogens (tertiary/aromatic N) is 2. The van der Waals surface area contributed by atoms with Gasteiger partial charge in [-0.2, -0.15) is 18.3 Å². The zero-order valence-electron chi connectivity index (χ0n) is 12.3. The van der Waals surface area contributed by atoms with E-state index in [0.717, 1.165) is 16.4 Å². The molecule has 23 heavy (non-hydrogen) atoms. The monoisotopic (exact) mass is 324 g/mol. The number of nitrogens with one attached hydrogen (secondary N) is 1. The van der Waals surface area contributed by atoms with Gasteiger partial charge in [-0.15, -0.1) is 0 Å². The van der Waals surface area contributed by atoms with Crippen molar-refractivity contribution >= 4 is 11.7 Å². The van der Waals surface area contributed by atoms with E-state index in [0.29, 0.717) is 5.56 Å². The lowest BCUT2D eigenvalue weighted by atomic mass is 9.96. The van der Waals surface area contributed by atoms with E-state index in [9.17, 15) is 18.0 Å². The minimum atomic E-state index is -4.47. The molecule has 1 aliphatic heterocycles. The van der Waals surface area contributed by atoms with Gasteiger partial charge in [-0.05, 0) is 12.5 Å². The number of primary amides is 1. The highest BCUT2D eigenvalue weighted by molar-refractivity contribution is 5.97. The SMILES string of the molecule is Cc1ccc([C@H]2C[C@@H](C(F)(F)F)n3ncc(C(N)=O)c3N2)cc1. The molecule has 0 spiro atoms. The number of nitrogens with two attached hydrogens (primary N) is 1. The normalized spacial score (nSPS) is 20.7. The van der Waals surface area contributed by atoms with E-state index >= 15 is 0 Å². The lowest BCUT2D eigenvalue weighted by molar-refractivity contribution is -0.173. The van der Waals surface area contributed by atoms with Gasteiger partial charge in [0.25, 0.3) is 5.91 Å². The van der Waals surface area contributed by atoms with Crippen molar-refractivity contribution in [3.8, 4) is 0 Å². The molecule has 1 aliphatic rings. The molecule has 122 valence electrons. The Morgan fingerprint density at radius 3 is 2.57 bits per heavy atom. The number of alkyl halides is 3. The van der Waals surface area contributed by atoms with E-state index in [2.05, 4.69) is 10.4 Å². The molecule has 2 heterocycles. The molecule has 3 N–H and O–H groups in total. The van der Waals surface area contributed by atoms with Crippen LogP contribution in [0.25, 0.3) is 0 Å². The summed E-state index contributed by atoms with van der Waals surface area (Å²) in [5.41, 5.74) is 6.91. The highest BCUT2D eigenvalue weighted by atomic mass is 19.4. The second-order valence-corrected chi connectivity index (χ2v) is 5.62. The average Bonchev–Trinajstić information content (AvgIpc) is 2.89. The Labute approximate surface area is 130 Å². The Balaban J connectivity index is 2.05. The fraction of sp³-hybridized carbons (Fsp3) is 0.333. The minimum absolute atomic E-state index is 0.0108. The number of aromatic nitrogens is 2. The van der Waals surface area contributed by atoms with Crippen molar-refractivity contribution in [3.63, 3.8) is 0 Å². The summed E-state index contributed by atoms with van der Waals surface area (Å²) in [5.74, 6) is -0.805. The Morgan fingerprint density at radius 1 is 1.35 bits per heavy atom. The zero-order chi connectivity index (χ0) is 16.8. The fourth-order valence-corrected chi connectivity index (χ4v) is 2.76. The van der Waals surface area contributed by atoms with Crippen LogP contribution in [0, 0.1) is 6.92 Å². The van der Waals surface area contributed by atoms with Crippen molar-refractivity contribution in [2.75, 3.05) is 5.32 Å². The highest BCUT2D eigenvalue weighted by Gasteiger charge is 2.47. The van der Waals surface area contributed by atoms with Gasteiger partial charge in [-0.1, -0.05) is 29.8 Å². The summed E-state index contributed by atoms with van der Waals surface area (Å²) in [6.07, 6.45) is -3.61. The summed E-state index contributed by atoms with van der Waals surface area (Å²) in [7, 11) is 0. The van der Waals surface area contributed by atoms with Gasteiger partial charge in [0.1, 0.15) is 11.4 Å². The Bertz CT molecular complexity index is 736. The fourth-order valence-electron chi connectivity index (χ4n) is 2.76. The topological polar surface area (TPSA) is 72.9 Å². The smallest absolute Gasteiger partial charge is 0.365 e. The maximum absolute atomic E-state index is 13.4. The molecule has 3 rings (SSSR count). The number of anilines is 1. The molecule has 0 unspecified atom stereocenters. The van der Waals surface area contributed by atoms with Gasteiger partial charge < -0.3 is 11.1 Å². The molecule has 0 saturated heterocycles. The summed E-state index contributed by atoms with van der Waals surface area (Å²) in [6, 6.07) is 4.83. The van der Waals surface area contributed by atoms with Crippen molar-refractivity contribution in [1.29, 1.82) is 0 Å². The first-order valence-electron chi connectivity index (χ1n) is 7.04. The van der Waals surface area contributed by atoms with Crippen LogP contribution in [0.2, 0.25) is 0 Å². The third-order valence-electron chi connectivity index (χ3n) is 3.98. The molecule has 1 aromatic heterocycles. The number of fused-ring (bicyclic) bond motifs is 1. The number of hydrogen-bond donors (Lipinski definition) is 2. The van der Waals surface area contributed by atoms with Crippen LogP contribution >= 0.6 is 0 Å². The van der Waals surface area contributed by atoms with Crippen LogP contribution < -0.4 is 11.1 Å². The standard InChI is InChI=1S/C15H15F3N4O/c1-8-2-4-9(5-3-8)11-6-12(15(16,17)18)22-14(21-11)10(7-20-22)13(19)23/h2-5,7,11-12,21H,6H2,1H3,(H2,19,23)/t11-,12+/m1/s1. The zero-order valence-corrected chi connectivity index (χ0v) is 12.3. The molecule has 0 bridgehead atoms. The van der Waals surface area contributed by atoms with E-state index in [1.165, 1.54) is 0 Å². The first kappa shape index (κ1) is 15.4. The molecule has 0 radical (unpaired) electrons. The van der Waals surface area contributed by atoms with E-state index in [1.54, 1.807) is 12.1 Å². The minimum Gasteiger partial charge on any atom is -0.365 e. The summed E-state index contributed by atoms with van der Waals surface area (Å²) >= 11 is 0. The van der Waals surface area contributed by atoms with E-state index < -0.39 is 24.2 Å². The number of carbonyl (C=O) groups is 1. The number of amides is 1. The summed E-state index contributed by atoms with van der Waals surface area (Å²) in [6.45, 7) is 1.90. The molecular formula is C15H15F3N4O. The van der Waals surface area contributed by atoms with Gasteiger partial charge in [0.15, 0.2) is 6.04 Å². The van der Waals surface area contributed by atoms with Crippen molar-refractivity contribution in [3.05, 3.63) is 47.2 Å². The highest BCUT2D eigenvalue weighted by Crippen LogP contribution is 2.44. The van der Waals surface area contributed by atoms with Gasteiger partial charge in [0.05, 0.1) is 12.2 Å². The summed E-state index contributed by atoms with van der Waals surface area (Å²) in [5, 5.41) is 6.67. The predicted molar refractivity (Wildman–Crippen MR) is 78.0 cm³/mol. The molecule has 2 aromatic rings. The maximum atomic E-state index is 13.4. The molecule has 0 fully saturated rings. The van der Waals surface area contributed by atoms with E-state index in [1.807, 2.05) is 19.1 Å². The Hall–Kier alpha value is -2.51. The Kier molecular flexibility index (Phi) is 3.54. The quantitative estimate of drug-likeness (QED) is 0.892. The molecule has 0 saturated carbocycles. The first-order valence-corrected chi connectivity index (χ1v) is 7.04. The number of halogens is 3. The van der Waals surface area contributed by atoms with Crippen LogP contribution in [-0.2, 0) is 0 Å². The molecule has 8 heteroatoms. The van der Waals surface area contributed by atoms with Crippen molar-refractivity contribution < 1.29 is 18.0 Å². The molecule has 1 aromatic carbocycles. The molecule has 0 aliphatic carbocycles. The van der Waals surface area contributed by atoms with Crippen molar-refractivity contribution in [2.24, 2.45) is 5.73 Å². The Morgan fingerprint density at radius 2 is 2.00 bits per heavy atom. The van der Waals surface area contributed by atoms with Crippen molar-refractivity contribution in [2.45, 2.75) is 31.6 Å². The van der Waals surface area contributed by atoms with Gasteiger partial charge in [-0.3, -0.25) is 4.79 Å². The van der Waals surface area contributed by atoms with Gasteiger partial charge >= 0.3 is 6.18 Å². The third-order valence-corrected chi connectivity index (χ3v) is 3.98. The summed E-state index contributed by atoms with van der Waals surface area (Å²) in [4.78, 5) is 11.4. The van der Waals surface area contributed by atoms with Crippen molar-refractivity contribution in [1.82, 2.24) is 9.78 Å². The van der Waals surface area contributed by atoms with Crippen LogP contribution in [0.3, 0.4) is 0 Å². The number of carbonyl (C=O) groups excluding carboxylic acids is 1. The third kappa shape index (κ3) is 2.76. The molecule has 5 nitrogen and oxygen atoms in total. The number of aryl methyl sites for hydroxylation is 1.